The zero-order valence-corrected chi connectivity index (χ0v) is 11.2. The van der Waals surface area contributed by atoms with Crippen LogP contribution in [0.4, 0.5) is 16.0 Å². The summed E-state index contributed by atoms with van der Waals surface area (Å²) in [6.45, 7) is 0. The molecule has 0 saturated heterocycles. The number of rotatable bonds is 3. The summed E-state index contributed by atoms with van der Waals surface area (Å²) in [4.78, 5) is 4.23. The van der Waals surface area contributed by atoms with Gasteiger partial charge in [0.2, 0.25) is 5.95 Å². The molecule has 0 bridgehead atoms. The number of halogens is 2. The zero-order valence-electron chi connectivity index (χ0n) is 10.4. The van der Waals surface area contributed by atoms with E-state index in [2.05, 4.69) is 10.3 Å². The highest BCUT2D eigenvalue weighted by atomic mass is 35.5. The van der Waals surface area contributed by atoms with E-state index in [1.807, 2.05) is 30.3 Å². The molecule has 0 spiro atoms. The molecule has 5 heteroatoms. The van der Waals surface area contributed by atoms with Crippen molar-refractivity contribution in [2.75, 3.05) is 5.32 Å². The van der Waals surface area contributed by atoms with Crippen LogP contribution in [0, 0.1) is 5.82 Å². The fourth-order valence-corrected chi connectivity index (χ4v) is 2.12. The fourth-order valence-electron chi connectivity index (χ4n) is 1.91. The molecule has 3 nitrogen and oxygen atoms in total. The van der Waals surface area contributed by atoms with E-state index in [1.54, 1.807) is 17.0 Å². The molecule has 2 aromatic carbocycles. The molecular weight excluding hydrogens is 277 g/mol. The first kappa shape index (κ1) is 12.7. The molecule has 0 fully saturated rings. The molecule has 0 aliphatic rings. The van der Waals surface area contributed by atoms with E-state index < -0.39 is 0 Å². The van der Waals surface area contributed by atoms with Crippen molar-refractivity contribution < 1.29 is 4.39 Å². The molecule has 0 saturated carbocycles. The van der Waals surface area contributed by atoms with Gasteiger partial charge in [0.05, 0.1) is 10.7 Å². The van der Waals surface area contributed by atoms with Crippen molar-refractivity contribution in [2.45, 2.75) is 0 Å². The molecule has 1 heterocycles. The molecule has 3 aromatic rings. The van der Waals surface area contributed by atoms with Gasteiger partial charge in [-0.05, 0) is 30.3 Å². The largest absolute Gasteiger partial charge is 0.325 e. The third kappa shape index (κ3) is 2.51. The molecule has 20 heavy (non-hydrogen) atoms. The van der Waals surface area contributed by atoms with E-state index in [0.29, 0.717) is 16.7 Å². The number of hydrogen-bond acceptors (Lipinski definition) is 2. The Bertz CT molecular complexity index is 725. The number of nitrogens with zero attached hydrogens (tertiary/aromatic N) is 2. The number of benzene rings is 2. The molecule has 0 unspecified atom stereocenters. The molecule has 0 radical (unpaired) electrons. The summed E-state index contributed by atoms with van der Waals surface area (Å²) in [5.74, 6) is 0.229. The Morgan fingerprint density at radius 3 is 2.70 bits per heavy atom. The molecule has 1 N–H and O–H groups in total. The number of aromatic nitrogens is 2. The van der Waals surface area contributed by atoms with Crippen LogP contribution in [0.5, 0.6) is 0 Å². The number of anilines is 2. The van der Waals surface area contributed by atoms with E-state index in [4.69, 9.17) is 11.6 Å². The fraction of sp³-hybridized carbons (Fsp3) is 0. The molecule has 0 atom stereocenters. The molecule has 3 rings (SSSR count). The van der Waals surface area contributed by atoms with Gasteiger partial charge in [0.15, 0.2) is 0 Å². The van der Waals surface area contributed by atoms with Gasteiger partial charge in [0.25, 0.3) is 0 Å². The van der Waals surface area contributed by atoms with Crippen molar-refractivity contribution in [2.24, 2.45) is 0 Å². The normalized spacial score (nSPS) is 10.5. The first-order valence-electron chi connectivity index (χ1n) is 6.05. The number of para-hydroxylation sites is 1. The maximum absolute atomic E-state index is 13.4. The molecule has 0 amide bonds. The predicted molar refractivity (Wildman–Crippen MR) is 78.3 cm³/mol. The monoisotopic (exact) mass is 287 g/mol. The van der Waals surface area contributed by atoms with Gasteiger partial charge in [-0.15, -0.1) is 0 Å². The summed E-state index contributed by atoms with van der Waals surface area (Å²) in [5, 5.41) is 3.63. The maximum Gasteiger partial charge on any atom is 0.212 e. The van der Waals surface area contributed by atoms with Crippen LogP contribution >= 0.6 is 11.6 Å². The topological polar surface area (TPSA) is 29.9 Å². The Morgan fingerprint density at radius 2 is 1.90 bits per heavy atom. The van der Waals surface area contributed by atoms with Crippen molar-refractivity contribution in [3.8, 4) is 5.69 Å². The van der Waals surface area contributed by atoms with Crippen molar-refractivity contribution in [3.63, 3.8) is 0 Å². The van der Waals surface area contributed by atoms with Crippen LogP contribution in [0.2, 0.25) is 5.02 Å². The molecule has 0 aliphatic carbocycles. The summed E-state index contributed by atoms with van der Waals surface area (Å²) in [5.41, 5.74) is 1.44. The minimum atomic E-state index is -0.344. The highest BCUT2D eigenvalue weighted by Crippen LogP contribution is 2.25. The van der Waals surface area contributed by atoms with Gasteiger partial charge in [-0.2, -0.15) is 0 Å². The minimum absolute atomic E-state index is 0.344. The summed E-state index contributed by atoms with van der Waals surface area (Å²) >= 11 is 6.12. The Balaban J connectivity index is 2.00. The van der Waals surface area contributed by atoms with Gasteiger partial charge in [0, 0.05) is 18.1 Å². The standard InChI is InChI=1S/C15H11ClFN3/c16-13-7-6-11(17)10-14(13)20-9-8-18-15(20)19-12-4-2-1-3-5-12/h1-10H,(H,18,19). The average Bonchev–Trinajstić information content (AvgIpc) is 2.91. The summed E-state index contributed by atoms with van der Waals surface area (Å²) < 4.78 is 15.1. The van der Waals surface area contributed by atoms with Crippen LogP contribution in [0.1, 0.15) is 0 Å². The minimum Gasteiger partial charge on any atom is -0.325 e. The summed E-state index contributed by atoms with van der Waals surface area (Å²) in [6, 6.07) is 13.8. The molecular formula is C15H11ClFN3. The average molecular weight is 288 g/mol. The van der Waals surface area contributed by atoms with Crippen LogP contribution in [-0.4, -0.2) is 9.55 Å². The second-order valence-electron chi connectivity index (χ2n) is 4.21. The molecule has 1 aromatic heterocycles. The smallest absolute Gasteiger partial charge is 0.212 e. The second kappa shape index (κ2) is 5.35. The lowest BCUT2D eigenvalue weighted by molar-refractivity contribution is 0.626. The van der Waals surface area contributed by atoms with Crippen molar-refractivity contribution in [3.05, 3.63) is 71.8 Å². The lowest BCUT2D eigenvalue weighted by Crippen LogP contribution is -2.02. The summed E-state index contributed by atoms with van der Waals surface area (Å²) in [7, 11) is 0. The van der Waals surface area contributed by atoms with Crippen molar-refractivity contribution >= 4 is 23.2 Å². The van der Waals surface area contributed by atoms with Gasteiger partial charge < -0.3 is 5.32 Å². The van der Waals surface area contributed by atoms with Gasteiger partial charge >= 0.3 is 0 Å². The van der Waals surface area contributed by atoms with E-state index >= 15 is 0 Å². The Kier molecular flexibility index (Phi) is 3.39. The number of hydrogen-bond donors (Lipinski definition) is 1. The SMILES string of the molecule is Fc1ccc(Cl)c(-n2ccnc2Nc2ccccc2)c1. The van der Waals surface area contributed by atoms with E-state index in [0.717, 1.165) is 5.69 Å². The maximum atomic E-state index is 13.4. The van der Waals surface area contributed by atoms with Crippen LogP contribution in [0.25, 0.3) is 5.69 Å². The quantitative estimate of drug-likeness (QED) is 0.773. The number of imidazole rings is 1. The van der Waals surface area contributed by atoms with Crippen LogP contribution in [-0.2, 0) is 0 Å². The third-order valence-electron chi connectivity index (χ3n) is 2.84. The van der Waals surface area contributed by atoms with E-state index in [9.17, 15) is 4.39 Å². The second-order valence-corrected chi connectivity index (χ2v) is 4.61. The zero-order chi connectivity index (χ0) is 13.9. The van der Waals surface area contributed by atoms with Crippen molar-refractivity contribution in [1.82, 2.24) is 9.55 Å². The Labute approximate surface area is 120 Å². The Hall–Kier alpha value is -2.33. The van der Waals surface area contributed by atoms with Crippen LogP contribution in [0.3, 0.4) is 0 Å². The Morgan fingerprint density at radius 1 is 1.10 bits per heavy atom. The molecule has 100 valence electrons. The van der Waals surface area contributed by atoms with Gasteiger partial charge in [0.1, 0.15) is 5.82 Å². The lowest BCUT2D eigenvalue weighted by Gasteiger charge is -2.11. The first-order chi connectivity index (χ1) is 9.74. The first-order valence-corrected chi connectivity index (χ1v) is 6.43. The third-order valence-corrected chi connectivity index (χ3v) is 3.16. The predicted octanol–water partition coefficient (Wildman–Crippen LogP) is 4.41. The van der Waals surface area contributed by atoms with Gasteiger partial charge in [-0.25, -0.2) is 9.37 Å². The molecule has 0 aliphatic heterocycles. The summed E-state index contributed by atoms with van der Waals surface area (Å²) in [6.07, 6.45) is 3.36. The van der Waals surface area contributed by atoms with E-state index in [1.165, 1.54) is 18.2 Å². The highest BCUT2D eigenvalue weighted by molar-refractivity contribution is 6.32. The highest BCUT2D eigenvalue weighted by Gasteiger charge is 2.09. The van der Waals surface area contributed by atoms with Crippen LogP contribution in [0.15, 0.2) is 60.9 Å². The number of nitrogens with one attached hydrogen (secondary N) is 1. The van der Waals surface area contributed by atoms with Gasteiger partial charge in [-0.3, -0.25) is 4.57 Å². The lowest BCUT2D eigenvalue weighted by atomic mass is 10.3. The van der Waals surface area contributed by atoms with Gasteiger partial charge in [-0.1, -0.05) is 29.8 Å². The van der Waals surface area contributed by atoms with E-state index in [-0.39, 0.29) is 5.82 Å². The van der Waals surface area contributed by atoms with Crippen molar-refractivity contribution in [1.29, 1.82) is 0 Å². The van der Waals surface area contributed by atoms with Crippen LogP contribution < -0.4 is 5.32 Å².